The molecule has 5 nitrogen and oxygen atoms in total. The first kappa shape index (κ1) is 14.0. The lowest BCUT2D eigenvalue weighted by atomic mass is 10.1. The molecule has 0 aliphatic heterocycles. The molecule has 1 atom stereocenters. The zero-order valence-corrected chi connectivity index (χ0v) is 11.5. The topological polar surface area (TPSA) is 77.8 Å². The number of carbonyl (C=O) groups is 2. The van der Waals surface area contributed by atoms with E-state index in [0.717, 1.165) is 9.47 Å². The number of anilines is 1. The average Bonchev–Trinajstić information content (AvgIpc) is 2.63. The van der Waals surface area contributed by atoms with Crippen LogP contribution in [-0.4, -0.2) is 35.7 Å². The Balaban J connectivity index is 2.67. The van der Waals surface area contributed by atoms with E-state index in [0.29, 0.717) is 0 Å². The van der Waals surface area contributed by atoms with Gasteiger partial charge in [0.15, 0.2) is 0 Å². The molecule has 0 aliphatic rings. The molecule has 1 aromatic heterocycles. The standard InChI is InChI=1S/C10H12BrNO4S/c1-12(8-3-7(11)5-17-8)4-6(10(15)16)2-9(13)14/h3,5-6H,2,4H2,1H3,(H,13,14)(H,15,16). The third kappa shape index (κ3) is 4.35. The first-order valence-electron chi connectivity index (χ1n) is 4.80. The molecular weight excluding hydrogens is 310 g/mol. The smallest absolute Gasteiger partial charge is 0.308 e. The second kappa shape index (κ2) is 6.02. The second-order valence-electron chi connectivity index (χ2n) is 3.62. The summed E-state index contributed by atoms with van der Waals surface area (Å²) >= 11 is 4.78. The number of hydrogen-bond donors (Lipinski definition) is 2. The van der Waals surface area contributed by atoms with Crippen molar-refractivity contribution >= 4 is 44.2 Å². The van der Waals surface area contributed by atoms with Gasteiger partial charge in [-0.15, -0.1) is 11.3 Å². The fourth-order valence-electron chi connectivity index (χ4n) is 1.36. The van der Waals surface area contributed by atoms with Crippen LogP contribution in [0.5, 0.6) is 0 Å². The molecule has 0 bridgehead atoms. The second-order valence-corrected chi connectivity index (χ2v) is 5.42. The number of carboxylic acid groups (broad SMARTS) is 2. The van der Waals surface area contributed by atoms with E-state index in [9.17, 15) is 9.59 Å². The Morgan fingerprint density at radius 2 is 2.18 bits per heavy atom. The van der Waals surface area contributed by atoms with Crippen molar-refractivity contribution in [3.05, 3.63) is 15.9 Å². The lowest BCUT2D eigenvalue weighted by molar-refractivity contribution is -0.147. The van der Waals surface area contributed by atoms with Gasteiger partial charge in [-0.3, -0.25) is 9.59 Å². The molecule has 1 unspecified atom stereocenters. The predicted molar refractivity (Wildman–Crippen MR) is 68.7 cm³/mol. The molecule has 0 radical (unpaired) electrons. The van der Waals surface area contributed by atoms with Gasteiger partial charge in [0, 0.05) is 23.4 Å². The van der Waals surface area contributed by atoms with Crippen LogP contribution in [-0.2, 0) is 9.59 Å². The van der Waals surface area contributed by atoms with Gasteiger partial charge in [0.2, 0.25) is 0 Å². The van der Waals surface area contributed by atoms with Crippen LogP contribution in [0.2, 0.25) is 0 Å². The molecule has 1 heterocycles. The summed E-state index contributed by atoms with van der Waals surface area (Å²) in [6, 6.07) is 1.87. The molecule has 7 heteroatoms. The number of halogens is 1. The number of hydrogen-bond acceptors (Lipinski definition) is 4. The van der Waals surface area contributed by atoms with E-state index < -0.39 is 17.9 Å². The molecule has 0 aromatic carbocycles. The van der Waals surface area contributed by atoms with E-state index in [1.165, 1.54) is 11.3 Å². The van der Waals surface area contributed by atoms with Crippen molar-refractivity contribution < 1.29 is 19.8 Å². The highest BCUT2D eigenvalue weighted by atomic mass is 79.9. The van der Waals surface area contributed by atoms with E-state index in [1.807, 2.05) is 11.4 Å². The summed E-state index contributed by atoms with van der Waals surface area (Å²) in [6.45, 7) is 0.175. The maximum Gasteiger partial charge on any atom is 0.308 e. The molecule has 0 aliphatic carbocycles. The van der Waals surface area contributed by atoms with Crippen LogP contribution in [0.25, 0.3) is 0 Å². The first-order chi connectivity index (χ1) is 7.90. The first-order valence-corrected chi connectivity index (χ1v) is 6.47. The third-order valence-electron chi connectivity index (χ3n) is 2.19. The van der Waals surface area contributed by atoms with E-state index in [4.69, 9.17) is 10.2 Å². The Labute approximate surface area is 111 Å². The highest BCUT2D eigenvalue weighted by molar-refractivity contribution is 9.10. The van der Waals surface area contributed by atoms with Gasteiger partial charge in [-0.1, -0.05) is 0 Å². The monoisotopic (exact) mass is 321 g/mol. The summed E-state index contributed by atoms with van der Waals surface area (Å²) in [7, 11) is 1.75. The summed E-state index contributed by atoms with van der Waals surface area (Å²) in [6.07, 6.45) is -0.369. The molecule has 17 heavy (non-hydrogen) atoms. The van der Waals surface area contributed by atoms with Crippen molar-refractivity contribution in [1.29, 1.82) is 0 Å². The zero-order valence-electron chi connectivity index (χ0n) is 9.09. The van der Waals surface area contributed by atoms with Gasteiger partial charge in [0.25, 0.3) is 0 Å². The molecule has 0 saturated heterocycles. The fraction of sp³-hybridized carbons (Fsp3) is 0.400. The molecule has 0 saturated carbocycles. The fourth-order valence-corrected chi connectivity index (χ4v) is 2.76. The molecule has 1 rings (SSSR count). The number of carboxylic acids is 2. The lowest BCUT2D eigenvalue weighted by Gasteiger charge is -2.20. The maximum atomic E-state index is 10.9. The van der Waals surface area contributed by atoms with E-state index >= 15 is 0 Å². The van der Waals surface area contributed by atoms with Crippen molar-refractivity contribution in [3.8, 4) is 0 Å². The van der Waals surface area contributed by atoms with Gasteiger partial charge >= 0.3 is 11.9 Å². The van der Waals surface area contributed by atoms with Crippen molar-refractivity contribution in [1.82, 2.24) is 0 Å². The SMILES string of the molecule is CN(CC(CC(=O)O)C(=O)O)c1cc(Br)cs1. The Morgan fingerprint density at radius 1 is 1.53 bits per heavy atom. The van der Waals surface area contributed by atoms with Crippen LogP contribution in [0.1, 0.15) is 6.42 Å². The molecule has 0 spiro atoms. The van der Waals surface area contributed by atoms with E-state index in [2.05, 4.69) is 15.9 Å². The highest BCUT2D eigenvalue weighted by Crippen LogP contribution is 2.28. The summed E-state index contributed by atoms with van der Waals surface area (Å²) in [5, 5.41) is 20.3. The maximum absolute atomic E-state index is 10.9. The zero-order chi connectivity index (χ0) is 13.0. The Morgan fingerprint density at radius 3 is 2.59 bits per heavy atom. The summed E-state index contributed by atoms with van der Waals surface area (Å²) in [5.74, 6) is -3.09. The van der Waals surface area contributed by atoms with Gasteiger partial charge in [0.1, 0.15) is 0 Å². The van der Waals surface area contributed by atoms with Crippen molar-refractivity contribution in [3.63, 3.8) is 0 Å². The van der Waals surface area contributed by atoms with E-state index in [-0.39, 0.29) is 13.0 Å². The Hall–Kier alpha value is -1.08. The van der Waals surface area contributed by atoms with Crippen LogP contribution in [0.4, 0.5) is 5.00 Å². The minimum absolute atomic E-state index is 0.175. The highest BCUT2D eigenvalue weighted by Gasteiger charge is 2.23. The predicted octanol–water partition coefficient (Wildman–Crippen LogP) is 2.12. The molecule has 94 valence electrons. The van der Waals surface area contributed by atoms with Crippen LogP contribution in [0.15, 0.2) is 15.9 Å². The minimum atomic E-state index is -1.10. The van der Waals surface area contributed by atoms with Crippen LogP contribution in [0.3, 0.4) is 0 Å². The number of rotatable bonds is 6. The molecule has 0 amide bonds. The minimum Gasteiger partial charge on any atom is -0.481 e. The normalized spacial score (nSPS) is 12.1. The van der Waals surface area contributed by atoms with Gasteiger partial charge in [-0.05, 0) is 22.0 Å². The molecule has 0 fully saturated rings. The van der Waals surface area contributed by atoms with Gasteiger partial charge in [-0.25, -0.2) is 0 Å². The quantitative estimate of drug-likeness (QED) is 0.839. The lowest BCUT2D eigenvalue weighted by Crippen LogP contribution is -2.31. The summed E-state index contributed by atoms with van der Waals surface area (Å²) in [4.78, 5) is 23.2. The van der Waals surface area contributed by atoms with Crippen molar-refractivity contribution in [2.45, 2.75) is 6.42 Å². The number of aliphatic carboxylic acids is 2. The Bertz CT molecular complexity index is 420. The molecule has 1 aromatic rings. The van der Waals surface area contributed by atoms with Crippen molar-refractivity contribution in [2.75, 3.05) is 18.5 Å². The number of nitrogens with zero attached hydrogens (tertiary/aromatic N) is 1. The van der Waals surface area contributed by atoms with Gasteiger partial charge in [0.05, 0.1) is 17.3 Å². The Kier molecular flexibility index (Phi) is 4.95. The average molecular weight is 322 g/mol. The van der Waals surface area contributed by atoms with E-state index in [1.54, 1.807) is 11.9 Å². The summed E-state index contributed by atoms with van der Waals surface area (Å²) < 4.78 is 0.925. The van der Waals surface area contributed by atoms with Crippen molar-refractivity contribution in [2.24, 2.45) is 5.92 Å². The number of thiophene rings is 1. The largest absolute Gasteiger partial charge is 0.481 e. The van der Waals surface area contributed by atoms with Crippen LogP contribution in [0, 0.1) is 5.92 Å². The third-order valence-corrected chi connectivity index (χ3v) is 4.00. The summed E-state index contributed by atoms with van der Waals surface area (Å²) in [5.41, 5.74) is 0. The molecule has 2 N–H and O–H groups in total. The molecular formula is C10H12BrNO4S. The van der Waals surface area contributed by atoms with Crippen LogP contribution >= 0.6 is 27.3 Å². The van der Waals surface area contributed by atoms with Gasteiger partial charge in [-0.2, -0.15) is 0 Å². The van der Waals surface area contributed by atoms with Gasteiger partial charge < -0.3 is 15.1 Å². The van der Waals surface area contributed by atoms with Crippen LogP contribution < -0.4 is 4.90 Å².